The highest BCUT2D eigenvalue weighted by Gasteiger charge is 2.15. The van der Waals surface area contributed by atoms with E-state index >= 15 is 0 Å². The third-order valence-corrected chi connectivity index (χ3v) is 3.54. The number of likely N-dealkylation sites (N-methyl/N-ethyl adjacent to an activating group) is 1. The predicted molar refractivity (Wildman–Crippen MR) is 72.1 cm³/mol. The standard InChI is InChI=1S/C12H12FN3O3S/c1-14-10(17)5-16-9-3-2-7(13)4-8(9)15-12(16)20-6-11(18)19/h2-4H,5-6H2,1H3,(H,14,17)(H,18,19). The molecule has 0 saturated carbocycles. The van der Waals surface area contributed by atoms with E-state index in [4.69, 9.17) is 5.11 Å². The van der Waals surface area contributed by atoms with Crippen molar-refractivity contribution in [2.24, 2.45) is 0 Å². The fourth-order valence-electron chi connectivity index (χ4n) is 1.69. The first kappa shape index (κ1) is 14.3. The van der Waals surface area contributed by atoms with Gasteiger partial charge in [0.1, 0.15) is 12.4 Å². The van der Waals surface area contributed by atoms with E-state index in [0.717, 1.165) is 11.8 Å². The van der Waals surface area contributed by atoms with Crippen LogP contribution in [0.1, 0.15) is 0 Å². The third-order valence-electron chi connectivity index (χ3n) is 2.58. The van der Waals surface area contributed by atoms with E-state index in [1.54, 1.807) is 4.57 Å². The molecule has 0 saturated heterocycles. The Hall–Kier alpha value is -2.09. The Kier molecular flexibility index (Phi) is 4.23. The van der Waals surface area contributed by atoms with Gasteiger partial charge in [0.25, 0.3) is 0 Å². The number of aromatic nitrogens is 2. The van der Waals surface area contributed by atoms with E-state index in [0.29, 0.717) is 16.2 Å². The molecule has 0 bridgehead atoms. The minimum atomic E-state index is -0.986. The van der Waals surface area contributed by atoms with Gasteiger partial charge in [-0.25, -0.2) is 9.37 Å². The molecule has 1 amide bonds. The lowest BCUT2D eigenvalue weighted by atomic mass is 10.3. The van der Waals surface area contributed by atoms with Crippen molar-refractivity contribution >= 4 is 34.7 Å². The van der Waals surface area contributed by atoms with Crippen LogP contribution in [0.15, 0.2) is 23.4 Å². The molecule has 1 aromatic carbocycles. The van der Waals surface area contributed by atoms with Crippen LogP contribution in [-0.4, -0.2) is 39.3 Å². The van der Waals surface area contributed by atoms with Crippen LogP contribution in [0.2, 0.25) is 0 Å². The van der Waals surface area contributed by atoms with Crippen molar-refractivity contribution in [1.29, 1.82) is 0 Å². The van der Waals surface area contributed by atoms with E-state index < -0.39 is 11.8 Å². The van der Waals surface area contributed by atoms with Gasteiger partial charge in [0.15, 0.2) is 5.16 Å². The number of halogens is 1. The summed E-state index contributed by atoms with van der Waals surface area (Å²) in [6, 6.07) is 4.04. The van der Waals surface area contributed by atoms with E-state index in [1.807, 2.05) is 0 Å². The van der Waals surface area contributed by atoms with Crippen molar-refractivity contribution in [3.63, 3.8) is 0 Å². The molecule has 0 unspecified atom stereocenters. The summed E-state index contributed by atoms with van der Waals surface area (Å²) in [4.78, 5) is 26.3. The zero-order chi connectivity index (χ0) is 14.7. The van der Waals surface area contributed by atoms with Crippen molar-refractivity contribution in [3.8, 4) is 0 Å². The second kappa shape index (κ2) is 5.91. The number of thioether (sulfide) groups is 1. The summed E-state index contributed by atoms with van der Waals surface area (Å²) in [5.74, 6) is -1.85. The molecule has 2 N–H and O–H groups in total. The minimum absolute atomic E-state index is 0.000580. The number of carbonyl (C=O) groups is 2. The normalized spacial score (nSPS) is 10.7. The summed E-state index contributed by atoms with van der Waals surface area (Å²) in [6.07, 6.45) is 0. The van der Waals surface area contributed by atoms with Crippen molar-refractivity contribution in [1.82, 2.24) is 14.9 Å². The van der Waals surface area contributed by atoms with Crippen molar-refractivity contribution in [2.75, 3.05) is 12.8 Å². The Morgan fingerprint density at radius 2 is 2.25 bits per heavy atom. The average molecular weight is 297 g/mol. The van der Waals surface area contributed by atoms with Gasteiger partial charge in [0.05, 0.1) is 16.8 Å². The summed E-state index contributed by atoms with van der Waals surface area (Å²) in [5, 5.41) is 11.6. The second-order valence-corrected chi connectivity index (χ2v) is 4.91. The summed E-state index contributed by atoms with van der Waals surface area (Å²) >= 11 is 0.989. The van der Waals surface area contributed by atoms with Crippen LogP contribution in [-0.2, 0) is 16.1 Å². The van der Waals surface area contributed by atoms with Crippen LogP contribution >= 0.6 is 11.8 Å². The lowest BCUT2D eigenvalue weighted by Crippen LogP contribution is -2.23. The Labute approximate surface area is 118 Å². The number of nitrogens with one attached hydrogen (secondary N) is 1. The smallest absolute Gasteiger partial charge is 0.313 e. The molecular weight excluding hydrogens is 285 g/mol. The zero-order valence-corrected chi connectivity index (χ0v) is 11.4. The number of carboxylic acid groups (broad SMARTS) is 1. The van der Waals surface area contributed by atoms with Gasteiger partial charge in [-0.3, -0.25) is 9.59 Å². The third kappa shape index (κ3) is 3.08. The highest BCUT2D eigenvalue weighted by Crippen LogP contribution is 2.24. The number of carbonyl (C=O) groups excluding carboxylic acids is 1. The van der Waals surface area contributed by atoms with Crippen LogP contribution in [0.5, 0.6) is 0 Å². The number of fused-ring (bicyclic) bond motifs is 1. The van der Waals surface area contributed by atoms with Crippen molar-refractivity contribution in [2.45, 2.75) is 11.7 Å². The summed E-state index contributed by atoms with van der Waals surface area (Å²) < 4.78 is 14.8. The molecule has 6 nitrogen and oxygen atoms in total. The molecule has 106 valence electrons. The Morgan fingerprint density at radius 3 is 2.90 bits per heavy atom. The van der Waals surface area contributed by atoms with Crippen LogP contribution in [0, 0.1) is 5.82 Å². The highest BCUT2D eigenvalue weighted by molar-refractivity contribution is 7.99. The van der Waals surface area contributed by atoms with E-state index in [2.05, 4.69) is 10.3 Å². The number of hydrogen-bond acceptors (Lipinski definition) is 4. The van der Waals surface area contributed by atoms with Gasteiger partial charge in [-0.1, -0.05) is 11.8 Å². The molecule has 8 heteroatoms. The van der Waals surface area contributed by atoms with Crippen LogP contribution in [0.25, 0.3) is 11.0 Å². The van der Waals surface area contributed by atoms with Gasteiger partial charge < -0.3 is 15.0 Å². The molecule has 0 atom stereocenters. The number of amides is 1. The molecule has 0 radical (unpaired) electrons. The maximum atomic E-state index is 13.2. The Morgan fingerprint density at radius 1 is 1.50 bits per heavy atom. The topological polar surface area (TPSA) is 84.2 Å². The number of benzene rings is 1. The van der Waals surface area contributed by atoms with E-state index in [1.165, 1.54) is 25.2 Å². The van der Waals surface area contributed by atoms with Gasteiger partial charge in [0, 0.05) is 13.1 Å². The van der Waals surface area contributed by atoms with Gasteiger partial charge in [-0.05, 0) is 12.1 Å². The minimum Gasteiger partial charge on any atom is -0.481 e. The van der Waals surface area contributed by atoms with Gasteiger partial charge in [0.2, 0.25) is 5.91 Å². The lowest BCUT2D eigenvalue weighted by Gasteiger charge is -2.06. The first-order chi connectivity index (χ1) is 9.51. The predicted octanol–water partition coefficient (Wildman–Crippen LogP) is 1.10. The molecular formula is C12H12FN3O3S. The van der Waals surface area contributed by atoms with E-state index in [9.17, 15) is 14.0 Å². The van der Waals surface area contributed by atoms with Crippen LogP contribution < -0.4 is 5.32 Å². The Bertz CT molecular complexity index is 671. The van der Waals surface area contributed by atoms with Crippen molar-refractivity contribution < 1.29 is 19.1 Å². The first-order valence-corrected chi connectivity index (χ1v) is 6.71. The highest BCUT2D eigenvalue weighted by atomic mass is 32.2. The first-order valence-electron chi connectivity index (χ1n) is 5.72. The van der Waals surface area contributed by atoms with E-state index in [-0.39, 0.29) is 18.2 Å². The summed E-state index contributed by atoms with van der Waals surface area (Å²) in [5.41, 5.74) is 0.977. The fourth-order valence-corrected chi connectivity index (χ4v) is 2.43. The molecule has 20 heavy (non-hydrogen) atoms. The summed E-state index contributed by atoms with van der Waals surface area (Å²) in [7, 11) is 1.51. The molecule has 0 aliphatic carbocycles. The quantitative estimate of drug-likeness (QED) is 0.807. The van der Waals surface area contributed by atoms with Crippen LogP contribution in [0.4, 0.5) is 4.39 Å². The van der Waals surface area contributed by atoms with Gasteiger partial charge in [-0.15, -0.1) is 0 Å². The average Bonchev–Trinajstić information content (AvgIpc) is 2.73. The van der Waals surface area contributed by atoms with Gasteiger partial charge in [-0.2, -0.15) is 0 Å². The number of imidazole rings is 1. The number of hydrogen-bond donors (Lipinski definition) is 2. The van der Waals surface area contributed by atoms with Gasteiger partial charge >= 0.3 is 5.97 Å². The van der Waals surface area contributed by atoms with Crippen LogP contribution in [0.3, 0.4) is 0 Å². The molecule has 1 heterocycles. The molecule has 2 rings (SSSR count). The summed E-state index contributed by atoms with van der Waals surface area (Å²) in [6.45, 7) is 0.000580. The largest absolute Gasteiger partial charge is 0.481 e. The lowest BCUT2D eigenvalue weighted by molar-refractivity contribution is -0.133. The number of aliphatic carboxylic acids is 1. The Balaban J connectivity index is 2.44. The number of carboxylic acids is 1. The zero-order valence-electron chi connectivity index (χ0n) is 10.6. The molecule has 0 aliphatic rings. The number of rotatable bonds is 5. The molecule has 1 aromatic heterocycles. The monoisotopic (exact) mass is 297 g/mol. The molecule has 0 aliphatic heterocycles. The number of nitrogens with zero attached hydrogens (tertiary/aromatic N) is 2. The fraction of sp³-hybridized carbons (Fsp3) is 0.250. The van der Waals surface area contributed by atoms with Crippen molar-refractivity contribution in [3.05, 3.63) is 24.0 Å². The molecule has 2 aromatic rings. The maximum Gasteiger partial charge on any atom is 0.313 e. The maximum absolute atomic E-state index is 13.2. The second-order valence-electron chi connectivity index (χ2n) is 3.97. The molecule has 0 spiro atoms. The SMILES string of the molecule is CNC(=O)Cn1c(SCC(=O)O)nc2cc(F)ccc21. The molecule has 0 fully saturated rings.